The highest BCUT2D eigenvalue weighted by molar-refractivity contribution is 7.89. The lowest BCUT2D eigenvalue weighted by Gasteiger charge is -2.21. The molecule has 10 heteroatoms. The molecule has 35 heavy (non-hydrogen) atoms. The summed E-state index contributed by atoms with van der Waals surface area (Å²) in [4.78, 5) is 18.6. The summed E-state index contributed by atoms with van der Waals surface area (Å²) in [7, 11) is 1.02. The van der Waals surface area contributed by atoms with Crippen molar-refractivity contribution in [3.05, 3.63) is 59.2 Å². The van der Waals surface area contributed by atoms with Gasteiger partial charge in [-0.05, 0) is 66.9 Å². The Kier molecular flexibility index (Phi) is 8.31. The van der Waals surface area contributed by atoms with E-state index in [0.717, 1.165) is 16.5 Å². The Hall–Kier alpha value is -3.21. The number of methoxy groups -OCH3 is 1. The Morgan fingerprint density at radius 3 is 2.40 bits per heavy atom. The number of rotatable bonds is 10. The summed E-state index contributed by atoms with van der Waals surface area (Å²) in [5.74, 6) is 0.868. The van der Waals surface area contributed by atoms with Crippen LogP contribution >= 0.6 is 0 Å². The lowest BCUT2D eigenvalue weighted by molar-refractivity contribution is -0.135. The number of ether oxygens (including phenoxy) is 2. The number of nitrogens with zero attached hydrogens (tertiary/aromatic N) is 3. The third-order valence-electron chi connectivity index (χ3n) is 5.73. The number of benzene rings is 2. The first-order valence-corrected chi connectivity index (χ1v) is 12.6. The van der Waals surface area contributed by atoms with Crippen molar-refractivity contribution in [2.24, 2.45) is 0 Å². The second-order valence-corrected chi connectivity index (χ2v) is 10.5. The van der Waals surface area contributed by atoms with E-state index in [-0.39, 0.29) is 30.6 Å². The molecular weight excluding hydrogens is 468 g/mol. The Balaban J connectivity index is 1.52. The molecule has 0 saturated carbocycles. The summed E-state index contributed by atoms with van der Waals surface area (Å²) < 4.78 is 38.1. The molecule has 0 radical (unpaired) electrons. The first-order chi connectivity index (χ1) is 16.5. The van der Waals surface area contributed by atoms with Gasteiger partial charge >= 0.3 is 0 Å². The maximum Gasteiger partial charge on any atom is 0.248 e. The van der Waals surface area contributed by atoms with E-state index >= 15 is 0 Å². The molecule has 2 N–H and O–H groups in total. The smallest absolute Gasteiger partial charge is 0.248 e. The summed E-state index contributed by atoms with van der Waals surface area (Å²) in [5, 5.41) is 0.945. The standard InChI is InChI=1S/C25H32N4O5S/c1-17-12-21(33-5)13-18(2)25(17)35(31,32)29(4)10-11-34-16-24(30)28(3)15-19-6-8-22-20(14-19)7-9-23(26)27-22/h6-9,12-14H,10-11,15-16H2,1-5H3,(H2,26,27). The monoisotopic (exact) mass is 500 g/mol. The maximum atomic E-state index is 13.1. The van der Waals surface area contributed by atoms with Gasteiger partial charge in [0.05, 0.1) is 24.1 Å². The predicted octanol–water partition coefficient (Wildman–Crippen LogP) is 2.74. The van der Waals surface area contributed by atoms with Crippen molar-refractivity contribution in [2.45, 2.75) is 25.3 Å². The van der Waals surface area contributed by atoms with Gasteiger partial charge in [0.25, 0.3) is 0 Å². The number of sulfonamides is 1. The highest BCUT2D eigenvalue weighted by Gasteiger charge is 2.25. The number of anilines is 1. The van der Waals surface area contributed by atoms with E-state index in [1.54, 1.807) is 51.1 Å². The van der Waals surface area contributed by atoms with Crippen molar-refractivity contribution in [1.82, 2.24) is 14.2 Å². The normalized spacial score (nSPS) is 11.7. The zero-order valence-corrected chi connectivity index (χ0v) is 21.6. The van der Waals surface area contributed by atoms with Crippen LogP contribution < -0.4 is 10.5 Å². The van der Waals surface area contributed by atoms with Gasteiger partial charge in [0.15, 0.2) is 0 Å². The molecule has 0 atom stereocenters. The van der Waals surface area contributed by atoms with E-state index in [2.05, 4.69) is 4.98 Å². The van der Waals surface area contributed by atoms with Gasteiger partial charge in [0, 0.05) is 32.6 Å². The van der Waals surface area contributed by atoms with E-state index in [1.165, 1.54) is 11.4 Å². The highest BCUT2D eigenvalue weighted by atomic mass is 32.2. The van der Waals surface area contributed by atoms with Gasteiger partial charge in [-0.15, -0.1) is 0 Å². The van der Waals surface area contributed by atoms with E-state index < -0.39 is 10.0 Å². The molecule has 0 spiro atoms. The quantitative estimate of drug-likeness (QED) is 0.426. The van der Waals surface area contributed by atoms with E-state index in [0.29, 0.717) is 29.2 Å². The minimum atomic E-state index is -3.71. The first-order valence-electron chi connectivity index (χ1n) is 11.1. The predicted molar refractivity (Wildman–Crippen MR) is 136 cm³/mol. The lowest BCUT2D eigenvalue weighted by Crippen LogP contribution is -2.33. The molecule has 2 aromatic carbocycles. The summed E-state index contributed by atoms with van der Waals surface area (Å²) in [6.07, 6.45) is 0. The molecule has 1 aromatic heterocycles. The molecule has 0 saturated heterocycles. The van der Waals surface area contributed by atoms with E-state index in [1.807, 2.05) is 24.3 Å². The van der Waals surface area contributed by atoms with Crippen molar-refractivity contribution < 1.29 is 22.7 Å². The van der Waals surface area contributed by atoms with Gasteiger partial charge in [-0.25, -0.2) is 13.4 Å². The number of amides is 1. The third kappa shape index (κ3) is 6.27. The average molecular weight is 501 g/mol. The molecule has 0 fully saturated rings. The number of carbonyl (C=O) groups is 1. The molecule has 9 nitrogen and oxygen atoms in total. The highest BCUT2D eigenvalue weighted by Crippen LogP contribution is 2.27. The van der Waals surface area contributed by atoms with Gasteiger partial charge < -0.3 is 20.1 Å². The Bertz CT molecular complexity index is 1300. The SMILES string of the molecule is COc1cc(C)c(S(=O)(=O)N(C)CCOCC(=O)N(C)Cc2ccc3nc(N)ccc3c2)c(C)c1. The minimum Gasteiger partial charge on any atom is -0.497 e. The summed E-state index contributed by atoms with van der Waals surface area (Å²) in [5.41, 5.74) is 8.69. The zero-order valence-electron chi connectivity index (χ0n) is 20.7. The van der Waals surface area contributed by atoms with Gasteiger partial charge in [-0.1, -0.05) is 6.07 Å². The summed E-state index contributed by atoms with van der Waals surface area (Å²) in [6.45, 7) is 3.95. The van der Waals surface area contributed by atoms with Crippen LogP contribution in [0.5, 0.6) is 5.75 Å². The van der Waals surface area contributed by atoms with Gasteiger partial charge in [0.1, 0.15) is 18.2 Å². The second kappa shape index (κ2) is 11.0. The number of nitrogen functional groups attached to an aromatic ring is 1. The van der Waals surface area contributed by atoms with Gasteiger partial charge in [-0.3, -0.25) is 4.79 Å². The number of fused-ring (bicyclic) bond motifs is 1. The van der Waals surface area contributed by atoms with Crippen molar-refractivity contribution in [2.75, 3.05) is 46.7 Å². The largest absolute Gasteiger partial charge is 0.497 e. The van der Waals surface area contributed by atoms with E-state index in [9.17, 15) is 13.2 Å². The van der Waals surface area contributed by atoms with Crippen LogP contribution in [-0.2, 0) is 26.1 Å². The number of aromatic nitrogens is 1. The molecule has 1 heterocycles. The van der Waals surface area contributed by atoms with Crippen molar-refractivity contribution in [3.63, 3.8) is 0 Å². The number of aryl methyl sites for hydroxylation is 2. The molecule has 0 aliphatic heterocycles. The van der Waals surface area contributed by atoms with Crippen LogP contribution in [0.1, 0.15) is 16.7 Å². The fourth-order valence-electron chi connectivity index (χ4n) is 3.83. The maximum absolute atomic E-state index is 13.1. The van der Waals surface area contributed by atoms with Gasteiger partial charge in [-0.2, -0.15) is 4.31 Å². The lowest BCUT2D eigenvalue weighted by atomic mass is 10.1. The number of likely N-dealkylation sites (N-methyl/N-ethyl adjacent to an activating group) is 2. The molecule has 3 rings (SSSR count). The summed E-state index contributed by atoms with van der Waals surface area (Å²) >= 11 is 0. The minimum absolute atomic E-state index is 0.0899. The molecular formula is C25H32N4O5S. The number of nitrogens with two attached hydrogens (primary N) is 1. The average Bonchev–Trinajstić information content (AvgIpc) is 2.80. The molecule has 0 unspecified atom stereocenters. The van der Waals surface area contributed by atoms with Crippen LogP contribution in [0.25, 0.3) is 10.9 Å². The number of hydrogen-bond acceptors (Lipinski definition) is 7. The number of hydrogen-bond donors (Lipinski definition) is 1. The van der Waals surface area contributed by atoms with Crippen LogP contribution in [0.3, 0.4) is 0 Å². The third-order valence-corrected chi connectivity index (χ3v) is 7.90. The molecule has 3 aromatic rings. The zero-order chi connectivity index (χ0) is 25.8. The Labute approximate surface area is 206 Å². The molecule has 0 aliphatic carbocycles. The summed E-state index contributed by atoms with van der Waals surface area (Å²) in [6, 6.07) is 12.8. The van der Waals surface area contributed by atoms with Crippen LogP contribution in [-0.4, -0.2) is 69.5 Å². The molecule has 1 amide bonds. The fraction of sp³-hybridized carbons (Fsp3) is 0.360. The number of pyridine rings is 1. The van der Waals surface area contributed by atoms with Crippen LogP contribution in [0.15, 0.2) is 47.4 Å². The van der Waals surface area contributed by atoms with Crippen LogP contribution in [0, 0.1) is 13.8 Å². The van der Waals surface area contributed by atoms with Crippen molar-refractivity contribution in [1.29, 1.82) is 0 Å². The van der Waals surface area contributed by atoms with Crippen LogP contribution in [0.2, 0.25) is 0 Å². The Morgan fingerprint density at radius 1 is 1.06 bits per heavy atom. The van der Waals surface area contributed by atoms with Crippen LogP contribution in [0.4, 0.5) is 5.82 Å². The van der Waals surface area contributed by atoms with E-state index in [4.69, 9.17) is 15.2 Å². The van der Waals surface area contributed by atoms with Crippen molar-refractivity contribution in [3.8, 4) is 5.75 Å². The number of carbonyl (C=O) groups excluding carboxylic acids is 1. The molecule has 0 bridgehead atoms. The second-order valence-electron chi connectivity index (χ2n) is 8.48. The molecule has 0 aliphatic rings. The molecule has 188 valence electrons. The van der Waals surface area contributed by atoms with Gasteiger partial charge in [0.2, 0.25) is 15.9 Å². The fourth-order valence-corrected chi connectivity index (χ4v) is 5.38. The topological polar surface area (TPSA) is 115 Å². The Morgan fingerprint density at radius 2 is 1.74 bits per heavy atom. The van der Waals surface area contributed by atoms with Crippen molar-refractivity contribution >= 4 is 32.7 Å². The first kappa shape index (κ1) is 26.4.